The normalized spacial score (nSPS) is 15.5. The first-order valence-electron chi connectivity index (χ1n) is 12.1. The highest BCUT2D eigenvalue weighted by Crippen LogP contribution is 2.25. The van der Waals surface area contributed by atoms with Gasteiger partial charge in [-0.2, -0.15) is 0 Å². The average molecular weight is 455 g/mol. The van der Waals surface area contributed by atoms with Crippen LogP contribution < -0.4 is 15.0 Å². The minimum Gasteiger partial charge on any atom is -0.494 e. The number of anilines is 1. The lowest BCUT2D eigenvalue weighted by Gasteiger charge is -2.32. The third kappa shape index (κ3) is 7.16. The van der Waals surface area contributed by atoms with E-state index in [9.17, 15) is 4.79 Å². The number of nitrogens with zero attached hydrogens (tertiary/aromatic N) is 3. The molecule has 1 amide bonds. The molecule has 1 aliphatic rings. The summed E-state index contributed by atoms with van der Waals surface area (Å²) in [5, 5.41) is 11.9. The summed E-state index contributed by atoms with van der Waals surface area (Å²) in [4.78, 5) is 23.7. The molecule has 3 rings (SSSR count). The number of carbonyl (C=O) groups is 1. The Kier molecular flexibility index (Phi) is 9.06. The number of aryl methyl sites for hydroxylation is 1. The van der Waals surface area contributed by atoms with Gasteiger partial charge in [-0.1, -0.05) is 13.8 Å². The highest BCUT2D eigenvalue weighted by molar-refractivity contribution is 5.95. The predicted octanol–water partition coefficient (Wildman–Crippen LogP) is 4.09. The molecule has 1 aromatic carbocycles. The summed E-state index contributed by atoms with van der Waals surface area (Å²) < 4.78 is 5.93. The van der Waals surface area contributed by atoms with Crippen LogP contribution in [-0.4, -0.2) is 53.3 Å². The Balaban J connectivity index is 1.37. The minimum atomic E-state index is -0.266. The molecule has 0 aliphatic carbocycles. The van der Waals surface area contributed by atoms with Crippen molar-refractivity contribution in [1.29, 1.82) is 0 Å². The molecule has 1 aromatic heterocycles. The molecule has 0 spiro atoms. The Bertz CT molecular complexity index is 893. The fraction of sp³-hybridized carbons (Fsp3) is 0.577. The van der Waals surface area contributed by atoms with E-state index in [1.807, 2.05) is 31.5 Å². The Morgan fingerprint density at radius 2 is 1.91 bits per heavy atom. The van der Waals surface area contributed by atoms with Gasteiger partial charge in [0, 0.05) is 37.1 Å². The highest BCUT2D eigenvalue weighted by atomic mass is 16.5. The van der Waals surface area contributed by atoms with Gasteiger partial charge in [-0.15, -0.1) is 0 Å². The fourth-order valence-corrected chi connectivity index (χ4v) is 4.10. The molecule has 7 nitrogen and oxygen atoms in total. The van der Waals surface area contributed by atoms with E-state index in [2.05, 4.69) is 34.0 Å². The third-order valence-electron chi connectivity index (χ3n) is 6.34. The molecule has 1 fully saturated rings. The van der Waals surface area contributed by atoms with E-state index in [-0.39, 0.29) is 18.6 Å². The molecule has 1 atom stereocenters. The van der Waals surface area contributed by atoms with Gasteiger partial charge in [-0.3, -0.25) is 4.79 Å². The predicted molar refractivity (Wildman–Crippen MR) is 131 cm³/mol. The number of aliphatic hydroxyl groups is 1. The fourth-order valence-electron chi connectivity index (χ4n) is 4.10. The van der Waals surface area contributed by atoms with Crippen molar-refractivity contribution in [3.05, 3.63) is 47.3 Å². The van der Waals surface area contributed by atoms with Gasteiger partial charge in [0.15, 0.2) is 0 Å². The van der Waals surface area contributed by atoms with Crippen molar-refractivity contribution in [2.24, 2.45) is 5.92 Å². The summed E-state index contributed by atoms with van der Waals surface area (Å²) in [7, 11) is 0. The van der Waals surface area contributed by atoms with Crippen molar-refractivity contribution in [2.75, 3.05) is 31.2 Å². The van der Waals surface area contributed by atoms with Crippen LogP contribution >= 0.6 is 0 Å². The molecule has 0 saturated carbocycles. The summed E-state index contributed by atoms with van der Waals surface area (Å²) in [6.45, 7) is 10.6. The van der Waals surface area contributed by atoms with Gasteiger partial charge in [-0.05, 0) is 80.7 Å². The highest BCUT2D eigenvalue weighted by Gasteiger charge is 2.21. The van der Waals surface area contributed by atoms with Crippen LogP contribution in [0.2, 0.25) is 0 Å². The van der Waals surface area contributed by atoms with Gasteiger partial charge in [0.25, 0.3) is 5.91 Å². The van der Waals surface area contributed by atoms with Crippen LogP contribution in [0.5, 0.6) is 5.75 Å². The lowest BCUT2D eigenvalue weighted by atomic mass is 9.92. The zero-order valence-electron chi connectivity index (χ0n) is 20.4. The molecule has 7 heteroatoms. The molecular formula is C26H38N4O3. The quantitative estimate of drug-likeness (QED) is 0.526. The van der Waals surface area contributed by atoms with Crippen LogP contribution in [0.15, 0.2) is 30.6 Å². The molecule has 2 N–H and O–H groups in total. The summed E-state index contributed by atoms with van der Waals surface area (Å²) in [6.07, 6.45) is 8.38. The number of carbonyl (C=O) groups excluding carboxylic acids is 1. The number of hydrogen-bond donors (Lipinski definition) is 2. The molecule has 1 unspecified atom stereocenters. The van der Waals surface area contributed by atoms with Crippen LogP contribution in [-0.2, 0) is 0 Å². The summed E-state index contributed by atoms with van der Waals surface area (Å²) in [5.41, 5.74) is 2.65. The zero-order valence-corrected chi connectivity index (χ0v) is 20.4. The van der Waals surface area contributed by atoms with E-state index in [1.54, 1.807) is 13.0 Å². The molecule has 2 aromatic rings. The smallest absolute Gasteiger partial charge is 0.251 e. The maximum Gasteiger partial charge on any atom is 0.251 e. The van der Waals surface area contributed by atoms with Gasteiger partial charge in [0.05, 0.1) is 13.2 Å². The number of hydrogen-bond acceptors (Lipinski definition) is 6. The van der Waals surface area contributed by atoms with E-state index in [4.69, 9.17) is 9.84 Å². The lowest BCUT2D eigenvalue weighted by Crippen LogP contribution is -2.35. The SMILES string of the molecule is Cc1cc(OCCCC2CCN(c3ncc(C(C)C)cn3)CC2)ccc1C(=O)NC(C)CO. The van der Waals surface area contributed by atoms with Gasteiger partial charge < -0.3 is 20.1 Å². The summed E-state index contributed by atoms with van der Waals surface area (Å²) >= 11 is 0. The monoisotopic (exact) mass is 454 g/mol. The van der Waals surface area contributed by atoms with Crippen LogP contribution in [0, 0.1) is 12.8 Å². The van der Waals surface area contributed by atoms with Crippen LogP contribution in [0.25, 0.3) is 0 Å². The Morgan fingerprint density at radius 1 is 1.21 bits per heavy atom. The van der Waals surface area contributed by atoms with Crippen molar-refractivity contribution >= 4 is 11.9 Å². The molecule has 1 aliphatic heterocycles. The van der Waals surface area contributed by atoms with Crippen LogP contribution in [0.1, 0.15) is 73.9 Å². The summed E-state index contributed by atoms with van der Waals surface area (Å²) in [6, 6.07) is 5.27. The Morgan fingerprint density at radius 3 is 2.52 bits per heavy atom. The van der Waals surface area contributed by atoms with Gasteiger partial charge >= 0.3 is 0 Å². The first-order valence-corrected chi connectivity index (χ1v) is 12.1. The molecule has 2 heterocycles. The number of ether oxygens (including phenoxy) is 1. The van der Waals surface area contributed by atoms with Crippen molar-refractivity contribution in [3.63, 3.8) is 0 Å². The second-order valence-electron chi connectivity index (χ2n) is 9.43. The topological polar surface area (TPSA) is 87.6 Å². The third-order valence-corrected chi connectivity index (χ3v) is 6.34. The number of nitrogens with one attached hydrogen (secondary N) is 1. The van der Waals surface area contributed by atoms with E-state index >= 15 is 0 Å². The second kappa shape index (κ2) is 12.0. The van der Waals surface area contributed by atoms with E-state index in [0.29, 0.717) is 24.0 Å². The van der Waals surface area contributed by atoms with Crippen LogP contribution in [0.3, 0.4) is 0 Å². The number of aliphatic hydroxyl groups excluding tert-OH is 1. The molecule has 1 saturated heterocycles. The van der Waals surface area contributed by atoms with E-state index < -0.39 is 0 Å². The Hall–Kier alpha value is -2.67. The number of aromatic nitrogens is 2. The van der Waals surface area contributed by atoms with Gasteiger partial charge in [0.1, 0.15) is 5.75 Å². The maximum atomic E-state index is 12.3. The molecule has 0 radical (unpaired) electrons. The van der Waals surface area contributed by atoms with Crippen molar-refractivity contribution < 1.29 is 14.6 Å². The molecular weight excluding hydrogens is 416 g/mol. The minimum absolute atomic E-state index is 0.0792. The van der Waals surface area contributed by atoms with Crippen molar-refractivity contribution in [1.82, 2.24) is 15.3 Å². The van der Waals surface area contributed by atoms with Gasteiger partial charge in [0.2, 0.25) is 5.95 Å². The van der Waals surface area contributed by atoms with Crippen LogP contribution in [0.4, 0.5) is 5.95 Å². The standard InChI is InChI=1S/C26H38N4O3/c1-18(2)22-15-27-26(28-16-22)30-11-9-21(10-12-30)6-5-13-33-23-7-8-24(19(3)14-23)25(32)29-20(4)17-31/h7-8,14-16,18,20-21,31H,5-6,9-13,17H2,1-4H3,(H,29,32). The van der Waals surface area contributed by atoms with Gasteiger partial charge in [-0.25, -0.2) is 9.97 Å². The molecule has 0 bridgehead atoms. The van der Waals surface area contributed by atoms with E-state index in [1.165, 1.54) is 5.56 Å². The molecule has 180 valence electrons. The first-order chi connectivity index (χ1) is 15.9. The molecule has 33 heavy (non-hydrogen) atoms. The number of benzene rings is 1. The second-order valence-corrected chi connectivity index (χ2v) is 9.43. The zero-order chi connectivity index (χ0) is 23.8. The summed E-state index contributed by atoms with van der Waals surface area (Å²) in [5.74, 6) is 2.62. The maximum absolute atomic E-state index is 12.3. The van der Waals surface area contributed by atoms with E-state index in [0.717, 1.165) is 56.0 Å². The number of piperidine rings is 1. The Labute approximate surface area is 197 Å². The van der Waals surface area contributed by atoms with Crippen molar-refractivity contribution in [2.45, 2.75) is 65.3 Å². The largest absolute Gasteiger partial charge is 0.494 e. The van der Waals surface area contributed by atoms with Crippen molar-refractivity contribution in [3.8, 4) is 5.75 Å². The number of rotatable bonds is 10. The number of amides is 1. The first kappa shape index (κ1) is 25.0. The average Bonchev–Trinajstić information content (AvgIpc) is 2.82. The lowest BCUT2D eigenvalue weighted by molar-refractivity contribution is 0.0921.